The molecular weight excluding hydrogens is 502 g/mol. The Hall–Kier alpha value is -3.83. The second-order valence-electron chi connectivity index (χ2n) is 8.85. The van der Waals surface area contributed by atoms with E-state index in [1.54, 1.807) is 6.07 Å². The summed E-state index contributed by atoms with van der Waals surface area (Å²) in [5, 5.41) is 22.4. The fraction of sp³-hybridized carbons (Fsp3) is 0.296. The van der Waals surface area contributed by atoms with E-state index in [0.29, 0.717) is 11.4 Å². The van der Waals surface area contributed by atoms with Gasteiger partial charge in [0.25, 0.3) is 0 Å². The van der Waals surface area contributed by atoms with Crippen LogP contribution in [0.1, 0.15) is 24.0 Å². The summed E-state index contributed by atoms with van der Waals surface area (Å²) in [6, 6.07) is 13.8. The minimum absolute atomic E-state index is 0.271. The normalized spacial score (nSPS) is 15.7. The van der Waals surface area contributed by atoms with Crippen LogP contribution in [0.2, 0.25) is 0 Å². The number of aromatic nitrogens is 3. The van der Waals surface area contributed by atoms with Gasteiger partial charge in [0.05, 0.1) is 5.56 Å². The second kappa shape index (κ2) is 11.7. The Kier molecular flexibility index (Phi) is 8.38. The highest BCUT2D eigenvalue weighted by Crippen LogP contribution is 2.29. The third-order valence-corrected chi connectivity index (χ3v) is 6.34. The van der Waals surface area contributed by atoms with Crippen molar-refractivity contribution in [3.05, 3.63) is 71.6 Å². The number of alkyl halides is 3. The van der Waals surface area contributed by atoms with Crippen LogP contribution in [0, 0.1) is 5.82 Å². The lowest BCUT2D eigenvalue weighted by atomic mass is 9.98. The highest BCUT2D eigenvalue weighted by atomic mass is 19.4. The van der Waals surface area contributed by atoms with E-state index in [0.717, 1.165) is 56.0 Å². The number of benzene rings is 2. The molecule has 0 saturated carbocycles. The molecule has 0 saturated heterocycles. The van der Waals surface area contributed by atoms with E-state index in [9.17, 15) is 13.2 Å². The first-order valence-electron chi connectivity index (χ1n) is 12.0. The van der Waals surface area contributed by atoms with Gasteiger partial charge >= 0.3 is 12.1 Å². The summed E-state index contributed by atoms with van der Waals surface area (Å²) in [5.41, 5.74) is 6.17. The molecule has 5 rings (SSSR count). The molecule has 0 unspecified atom stereocenters. The lowest BCUT2D eigenvalue weighted by Crippen LogP contribution is -2.21. The number of carbonyl (C=O) groups is 1. The van der Waals surface area contributed by atoms with Crippen molar-refractivity contribution in [3.63, 3.8) is 0 Å². The van der Waals surface area contributed by atoms with Gasteiger partial charge < -0.3 is 20.3 Å². The van der Waals surface area contributed by atoms with Crippen LogP contribution in [0.5, 0.6) is 0 Å². The third-order valence-electron chi connectivity index (χ3n) is 6.34. The van der Waals surface area contributed by atoms with E-state index in [-0.39, 0.29) is 5.82 Å². The number of carboxylic acids is 1. The fourth-order valence-electron chi connectivity index (χ4n) is 4.31. The average Bonchev–Trinajstić information content (AvgIpc) is 3.30. The number of nitrogens with zero attached hydrogens (tertiary/aromatic N) is 3. The Morgan fingerprint density at radius 1 is 0.868 bits per heavy atom. The summed E-state index contributed by atoms with van der Waals surface area (Å²) in [5.74, 6) is -1.77. The summed E-state index contributed by atoms with van der Waals surface area (Å²) in [6.07, 6.45) is 1.24. The maximum atomic E-state index is 15.0. The van der Waals surface area contributed by atoms with E-state index in [1.807, 2.05) is 23.7 Å². The lowest BCUT2D eigenvalue weighted by molar-refractivity contribution is -0.192. The summed E-state index contributed by atoms with van der Waals surface area (Å²) in [4.78, 5) is 8.90. The van der Waals surface area contributed by atoms with Gasteiger partial charge in [-0.2, -0.15) is 13.2 Å². The first-order chi connectivity index (χ1) is 18.1. The minimum atomic E-state index is -5.08. The van der Waals surface area contributed by atoms with Gasteiger partial charge in [0.2, 0.25) is 0 Å². The molecule has 0 amide bonds. The number of aliphatic carboxylic acids is 1. The van der Waals surface area contributed by atoms with E-state index < -0.39 is 12.1 Å². The summed E-state index contributed by atoms with van der Waals surface area (Å²) in [6.45, 7) is 3.69. The molecule has 11 heteroatoms. The molecule has 0 radical (unpaired) electrons. The van der Waals surface area contributed by atoms with Crippen LogP contribution in [-0.4, -0.2) is 58.2 Å². The van der Waals surface area contributed by atoms with Crippen molar-refractivity contribution < 1.29 is 27.5 Å². The Balaban J connectivity index is 0.000000426. The first-order valence-corrected chi connectivity index (χ1v) is 12.0. The molecule has 0 aliphatic carbocycles. The highest BCUT2D eigenvalue weighted by Gasteiger charge is 2.38. The molecular formula is C27H27F4N5O2. The Morgan fingerprint density at radius 3 is 1.87 bits per heavy atom. The van der Waals surface area contributed by atoms with Crippen LogP contribution in [-0.2, 0) is 11.8 Å². The highest BCUT2D eigenvalue weighted by molar-refractivity contribution is 5.73. The molecule has 2 aliphatic heterocycles. The predicted molar refractivity (Wildman–Crippen MR) is 136 cm³/mol. The third kappa shape index (κ3) is 6.35. The lowest BCUT2D eigenvalue weighted by Gasteiger charge is -2.15. The average molecular weight is 530 g/mol. The van der Waals surface area contributed by atoms with E-state index in [1.165, 1.54) is 16.7 Å². The molecule has 3 N–H and O–H groups in total. The van der Waals surface area contributed by atoms with Crippen molar-refractivity contribution in [2.75, 3.05) is 26.2 Å². The number of hydrogen-bond donors (Lipinski definition) is 3. The molecule has 200 valence electrons. The Morgan fingerprint density at radius 2 is 1.37 bits per heavy atom. The molecule has 0 bridgehead atoms. The van der Waals surface area contributed by atoms with Crippen molar-refractivity contribution in [2.45, 2.75) is 19.0 Å². The molecule has 0 fully saturated rings. The number of hydrogen-bond acceptors (Lipinski definition) is 5. The van der Waals surface area contributed by atoms with Crippen LogP contribution in [0.4, 0.5) is 17.6 Å². The van der Waals surface area contributed by atoms with Gasteiger partial charge in [-0.05, 0) is 60.3 Å². The van der Waals surface area contributed by atoms with Crippen LogP contribution in [0.3, 0.4) is 0 Å². The van der Waals surface area contributed by atoms with Crippen LogP contribution >= 0.6 is 0 Å². The molecule has 38 heavy (non-hydrogen) atoms. The van der Waals surface area contributed by atoms with Gasteiger partial charge in [-0.1, -0.05) is 42.5 Å². The van der Waals surface area contributed by atoms with Crippen molar-refractivity contribution >= 4 is 17.1 Å². The van der Waals surface area contributed by atoms with Gasteiger partial charge in [0, 0.05) is 25.7 Å². The second-order valence-corrected chi connectivity index (χ2v) is 8.85. The summed E-state index contributed by atoms with van der Waals surface area (Å²) in [7, 11) is 1.89. The van der Waals surface area contributed by atoms with Gasteiger partial charge in [-0.25, -0.2) is 9.18 Å². The van der Waals surface area contributed by atoms with Gasteiger partial charge in [-0.3, -0.25) is 0 Å². The van der Waals surface area contributed by atoms with E-state index in [4.69, 9.17) is 9.90 Å². The predicted octanol–water partition coefficient (Wildman–Crippen LogP) is 4.67. The first kappa shape index (κ1) is 27.2. The van der Waals surface area contributed by atoms with E-state index in [2.05, 4.69) is 57.2 Å². The molecule has 7 nitrogen and oxygen atoms in total. The fourth-order valence-corrected chi connectivity index (χ4v) is 4.31. The zero-order valence-corrected chi connectivity index (χ0v) is 20.6. The Bertz CT molecular complexity index is 1360. The zero-order chi connectivity index (χ0) is 27.3. The van der Waals surface area contributed by atoms with Crippen molar-refractivity contribution in [2.24, 2.45) is 7.05 Å². The molecule has 3 heterocycles. The molecule has 0 spiro atoms. The smallest absolute Gasteiger partial charge is 0.475 e. The van der Waals surface area contributed by atoms with Crippen molar-refractivity contribution in [1.82, 2.24) is 25.4 Å². The standard InChI is InChI=1S/C25H26FN5.C2HF3O2/c1-31-24(20-4-2-17(3-5-20)18-8-12-27-13-9-18)29-30-25(31)22-7-6-21(16-23(22)26)19-10-14-28-15-11-19;3-2(4,5)1(6)7/h2-8,10,16,27-28H,9,11-15H2,1H3;(H,6,7). The van der Waals surface area contributed by atoms with Crippen LogP contribution in [0.15, 0.2) is 54.6 Å². The topological polar surface area (TPSA) is 92.1 Å². The zero-order valence-electron chi connectivity index (χ0n) is 20.6. The SMILES string of the molecule is Cn1c(-c2ccc(C3=CCNCC3)cc2)nnc1-c1ccc(C2=CCNCC2)cc1F.O=C(O)C(F)(F)F. The van der Waals surface area contributed by atoms with Crippen molar-refractivity contribution in [1.29, 1.82) is 0 Å². The molecule has 2 aromatic carbocycles. The molecule has 0 atom stereocenters. The van der Waals surface area contributed by atoms with Crippen LogP contribution < -0.4 is 10.6 Å². The van der Waals surface area contributed by atoms with Gasteiger partial charge in [-0.15, -0.1) is 10.2 Å². The molecule has 2 aliphatic rings. The number of halogens is 4. The summed E-state index contributed by atoms with van der Waals surface area (Å²) >= 11 is 0. The summed E-state index contributed by atoms with van der Waals surface area (Å²) < 4.78 is 48.6. The molecule has 1 aromatic heterocycles. The maximum absolute atomic E-state index is 15.0. The monoisotopic (exact) mass is 529 g/mol. The largest absolute Gasteiger partial charge is 0.490 e. The number of nitrogens with one attached hydrogen (secondary N) is 2. The van der Waals surface area contributed by atoms with Crippen molar-refractivity contribution in [3.8, 4) is 22.8 Å². The number of carboxylic acid groups (broad SMARTS) is 1. The molecule has 3 aromatic rings. The maximum Gasteiger partial charge on any atom is 0.490 e. The van der Waals surface area contributed by atoms with Crippen LogP contribution in [0.25, 0.3) is 33.9 Å². The quantitative estimate of drug-likeness (QED) is 0.426. The number of rotatable bonds is 4. The van der Waals surface area contributed by atoms with Gasteiger partial charge in [0.1, 0.15) is 5.82 Å². The van der Waals surface area contributed by atoms with E-state index >= 15 is 4.39 Å². The Labute approximate surface area is 216 Å². The minimum Gasteiger partial charge on any atom is -0.475 e. The van der Waals surface area contributed by atoms with Gasteiger partial charge in [0.15, 0.2) is 11.6 Å².